The van der Waals surface area contributed by atoms with E-state index < -0.39 is 17.9 Å². The monoisotopic (exact) mass is 421 g/mol. The van der Waals surface area contributed by atoms with Gasteiger partial charge in [-0.1, -0.05) is 49.4 Å². The molecule has 0 saturated carbocycles. The molecule has 0 aliphatic carbocycles. The van der Waals surface area contributed by atoms with Gasteiger partial charge in [0.05, 0.1) is 0 Å². The van der Waals surface area contributed by atoms with Crippen LogP contribution in [0.1, 0.15) is 25.3 Å². The highest BCUT2D eigenvalue weighted by atomic mass is 19.1. The highest BCUT2D eigenvalue weighted by molar-refractivity contribution is 5.74. The lowest BCUT2D eigenvalue weighted by Gasteiger charge is -2.10. The van der Waals surface area contributed by atoms with Crippen LogP contribution in [0.3, 0.4) is 0 Å². The van der Waals surface area contributed by atoms with Crippen LogP contribution in [0.2, 0.25) is 0 Å². The molecule has 31 heavy (non-hydrogen) atoms. The number of hydrogen-bond donors (Lipinski definition) is 1. The minimum absolute atomic E-state index is 0.149. The third-order valence-corrected chi connectivity index (χ3v) is 4.57. The zero-order valence-corrected chi connectivity index (χ0v) is 17.3. The van der Waals surface area contributed by atoms with Crippen LogP contribution in [-0.2, 0) is 11.2 Å². The van der Waals surface area contributed by atoms with Crippen LogP contribution in [0.5, 0.6) is 11.5 Å². The Kier molecular flexibility index (Phi) is 7.76. The molecule has 0 unspecified atom stereocenters. The fourth-order valence-corrected chi connectivity index (χ4v) is 2.99. The smallest absolute Gasteiger partial charge is 0.412 e. The maximum absolute atomic E-state index is 14.5. The van der Waals surface area contributed by atoms with Gasteiger partial charge in [0, 0.05) is 24.6 Å². The number of aryl methyl sites for hydroxylation is 1. The Bertz CT molecular complexity index is 1040. The summed E-state index contributed by atoms with van der Waals surface area (Å²) in [6, 6.07) is 20.8. The molecule has 0 atom stereocenters. The number of esters is 1. The molecule has 160 valence electrons. The van der Waals surface area contributed by atoms with Crippen LogP contribution in [0.15, 0.2) is 72.8 Å². The Morgan fingerprint density at radius 3 is 2.42 bits per heavy atom. The average Bonchev–Trinajstić information content (AvgIpc) is 2.77. The standard InChI is InChI=1S/C25H24FNO4/c1-2-24(28)30-21-13-14-22(23(26)17-21)19-11-6-12-20(16-19)31-25(29)27-15-7-10-18-8-4-3-5-9-18/h3-6,8-9,11-14,16-17H,2,7,10,15H2,1H3,(H,27,29). The number of nitrogens with one attached hydrogen (secondary N) is 1. The van der Waals surface area contributed by atoms with E-state index in [0.29, 0.717) is 23.4 Å². The first-order chi connectivity index (χ1) is 15.0. The summed E-state index contributed by atoms with van der Waals surface area (Å²) in [5, 5.41) is 2.72. The number of carbonyl (C=O) groups is 2. The molecule has 0 heterocycles. The van der Waals surface area contributed by atoms with Crippen molar-refractivity contribution in [3.8, 4) is 22.6 Å². The summed E-state index contributed by atoms with van der Waals surface area (Å²) in [5.74, 6) is -0.518. The molecule has 0 aliphatic rings. The summed E-state index contributed by atoms with van der Waals surface area (Å²) in [6.07, 6.45) is 1.29. The van der Waals surface area contributed by atoms with Crippen molar-refractivity contribution in [3.05, 3.63) is 84.2 Å². The number of carbonyl (C=O) groups excluding carboxylic acids is 2. The second kappa shape index (κ2) is 10.9. The van der Waals surface area contributed by atoms with Crippen LogP contribution in [0.4, 0.5) is 9.18 Å². The van der Waals surface area contributed by atoms with Gasteiger partial charge >= 0.3 is 12.1 Å². The zero-order valence-electron chi connectivity index (χ0n) is 17.3. The molecule has 1 N–H and O–H groups in total. The molecule has 5 nitrogen and oxygen atoms in total. The Morgan fingerprint density at radius 1 is 0.903 bits per heavy atom. The minimum atomic E-state index is -0.562. The third kappa shape index (κ3) is 6.67. The molecule has 0 aliphatic heterocycles. The molecule has 0 bridgehead atoms. The van der Waals surface area contributed by atoms with Gasteiger partial charge in [0.25, 0.3) is 0 Å². The van der Waals surface area contributed by atoms with E-state index >= 15 is 0 Å². The molecular formula is C25H24FNO4. The Balaban J connectivity index is 1.56. The summed E-state index contributed by atoms with van der Waals surface area (Å²) < 4.78 is 24.9. The summed E-state index contributed by atoms with van der Waals surface area (Å²) >= 11 is 0. The summed E-state index contributed by atoms with van der Waals surface area (Å²) in [4.78, 5) is 23.4. The van der Waals surface area contributed by atoms with Crippen LogP contribution in [-0.4, -0.2) is 18.6 Å². The minimum Gasteiger partial charge on any atom is -0.426 e. The van der Waals surface area contributed by atoms with Crippen molar-refractivity contribution in [1.82, 2.24) is 5.32 Å². The van der Waals surface area contributed by atoms with E-state index in [9.17, 15) is 14.0 Å². The quantitative estimate of drug-likeness (QED) is 0.295. The van der Waals surface area contributed by atoms with Crippen molar-refractivity contribution in [2.75, 3.05) is 6.54 Å². The first-order valence-corrected chi connectivity index (χ1v) is 10.2. The number of hydrogen-bond acceptors (Lipinski definition) is 4. The molecule has 6 heteroatoms. The van der Waals surface area contributed by atoms with E-state index in [-0.39, 0.29) is 12.2 Å². The normalized spacial score (nSPS) is 10.4. The summed E-state index contributed by atoms with van der Waals surface area (Å²) in [5.41, 5.74) is 2.06. The van der Waals surface area contributed by atoms with Gasteiger partial charge in [-0.25, -0.2) is 9.18 Å². The predicted molar refractivity (Wildman–Crippen MR) is 117 cm³/mol. The van der Waals surface area contributed by atoms with Gasteiger partial charge in [-0.3, -0.25) is 4.79 Å². The van der Waals surface area contributed by atoms with Crippen molar-refractivity contribution >= 4 is 12.1 Å². The van der Waals surface area contributed by atoms with E-state index in [1.807, 2.05) is 30.3 Å². The highest BCUT2D eigenvalue weighted by Crippen LogP contribution is 2.29. The van der Waals surface area contributed by atoms with E-state index in [2.05, 4.69) is 5.32 Å². The second-order valence-corrected chi connectivity index (χ2v) is 6.90. The molecule has 0 aromatic heterocycles. The first-order valence-electron chi connectivity index (χ1n) is 10.2. The maximum Gasteiger partial charge on any atom is 0.412 e. The maximum atomic E-state index is 14.5. The molecule has 0 saturated heterocycles. The van der Waals surface area contributed by atoms with Gasteiger partial charge in [0.1, 0.15) is 17.3 Å². The van der Waals surface area contributed by atoms with E-state index in [1.54, 1.807) is 31.2 Å². The molecule has 0 spiro atoms. The molecule has 3 rings (SSSR count). The van der Waals surface area contributed by atoms with Crippen LogP contribution >= 0.6 is 0 Å². The van der Waals surface area contributed by atoms with Crippen LogP contribution in [0.25, 0.3) is 11.1 Å². The van der Waals surface area contributed by atoms with Gasteiger partial charge in [-0.05, 0) is 48.2 Å². The molecule has 0 radical (unpaired) electrons. The number of rotatable bonds is 8. The van der Waals surface area contributed by atoms with Gasteiger partial charge in [-0.15, -0.1) is 0 Å². The van der Waals surface area contributed by atoms with Crippen molar-refractivity contribution in [1.29, 1.82) is 0 Å². The number of halogens is 1. The van der Waals surface area contributed by atoms with Crippen molar-refractivity contribution in [2.24, 2.45) is 0 Å². The average molecular weight is 421 g/mol. The topological polar surface area (TPSA) is 64.6 Å². The summed E-state index contributed by atoms with van der Waals surface area (Å²) in [6.45, 7) is 2.15. The SMILES string of the molecule is CCC(=O)Oc1ccc(-c2cccc(OC(=O)NCCCc3ccccc3)c2)c(F)c1. The number of amides is 1. The zero-order chi connectivity index (χ0) is 22.1. The van der Waals surface area contributed by atoms with Gasteiger partial charge < -0.3 is 14.8 Å². The van der Waals surface area contributed by atoms with Gasteiger partial charge in [0.2, 0.25) is 0 Å². The van der Waals surface area contributed by atoms with E-state index in [4.69, 9.17) is 9.47 Å². The number of benzene rings is 3. The largest absolute Gasteiger partial charge is 0.426 e. The highest BCUT2D eigenvalue weighted by Gasteiger charge is 2.11. The van der Waals surface area contributed by atoms with Crippen LogP contribution in [0, 0.1) is 5.82 Å². The Morgan fingerprint density at radius 2 is 1.68 bits per heavy atom. The second-order valence-electron chi connectivity index (χ2n) is 6.90. The molecule has 3 aromatic carbocycles. The Hall–Kier alpha value is -3.67. The molecular weight excluding hydrogens is 397 g/mol. The van der Waals surface area contributed by atoms with Crippen molar-refractivity contribution in [3.63, 3.8) is 0 Å². The lowest BCUT2D eigenvalue weighted by atomic mass is 10.0. The summed E-state index contributed by atoms with van der Waals surface area (Å²) in [7, 11) is 0. The number of ether oxygens (including phenoxy) is 2. The van der Waals surface area contributed by atoms with Gasteiger partial charge in [0.15, 0.2) is 0 Å². The van der Waals surface area contributed by atoms with E-state index in [0.717, 1.165) is 18.9 Å². The molecule has 3 aromatic rings. The predicted octanol–water partition coefficient (Wildman–Crippen LogP) is 5.53. The van der Waals surface area contributed by atoms with E-state index in [1.165, 1.54) is 17.7 Å². The Labute approximate surface area is 180 Å². The lowest BCUT2D eigenvalue weighted by Crippen LogP contribution is -2.28. The molecule has 0 fully saturated rings. The lowest BCUT2D eigenvalue weighted by molar-refractivity contribution is -0.134. The first kappa shape index (κ1) is 22.0. The molecule has 1 amide bonds. The fourth-order valence-electron chi connectivity index (χ4n) is 2.99. The van der Waals surface area contributed by atoms with Crippen molar-refractivity contribution in [2.45, 2.75) is 26.2 Å². The van der Waals surface area contributed by atoms with Crippen molar-refractivity contribution < 1.29 is 23.5 Å². The fraction of sp³-hybridized carbons (Fsp3) is 0.200. The van der Waals surface area contributed by atoms with Crippen LogP contribution < -0.4 is 14.8 Å². The van der Waals surface area contributed by atoms with Gasteiger partial charge in [-0.2, -0.15) is 0 Å². The third-order valence-electron chi connectivity index (χ3n) is 4.57.